The van der Waals surface area contributed by atoms with E-state index in [2.05, 4.69) is 5.32 Å². The zero-order valence-corrected chi connectivity index (χ0v) is 14.6. The van der Waals surface area contributed by atoms with Crippen LogP contribution in [0.3, 0.4) is 0 Å². The highest BCUT2D eigenvalue weighted by atomic mass is 32.2. The SMILES string of the molecule is CC(SCCN1C(=O)c2ccccc2C1=O)C(=O)Nc1ccccc1. The minimum absolute atomic E-state index is 0.0986. The maximum atomic E-state index is 12.3. The number of amides is 3. The van der Waals surface area contributed by atoms with E-state index in [-0.39, 0.29) is 23.0 Å². The largest absolute Gasteiger partial charge is 0.325 e. The lowest BCUT2D eigenvalue weighted by atomic mass is 10.1. The van der Waals surface area contributed by atoms with Crippen LogP contribution in [-0.4, -0.2) is 40.2 Å². The number of anilines is 1. The summed E-state index contributed by atoms with van der Waals surface area (Å²) >= 11 is 1.42. The Bertz CT molecular complexity index is 772. The highest BCUT2D eigenvalue weighted by molar-refractivity contribution is 8.00. The topological polar surface area (TPSA) is 66.5 Å². The van der Waals surface area contributed by atoms with Gasteiger partial charge in [0.05, 0.1) is 16.4 Å². The number of benzene rings is 2. The number of rotatable bonds is 6. The first-order valence-corrected chi connectivity index (χ1v) is 9.05. The van der Waals surface area contributed by atoms with Gasteiger partial charge in [-0.3, -0.25) is 19.3 Å². The summed E-state index contributed by atoms with van der Waals surface area (Å²) in [5, 5.41) is 2.56. The van der Waals surface area contributed by atoms with Crippen LogP contribution in [0.15, 0.2) is 54.6 Å². The van der Waals surface area contributed by atoms with E-state index in [0.29, 0.717) is 23.4 Å². The van der Waals surface area contributed by atoms with Crippen LogP contribution < -0.4 is 5.32 Å². The molecule has 3 rings (SSSR count). The van der Waals surface area contributed by atoms with E-state index in [9.17, 15) is 14.4 Å². The number of imide groups is 1. The first-order chi connectivity index (χ1) is 12.1. The van der Waals surface area contributed by atoms with E-state index in [1.807, 2.05) is 37.3 Å². The van der Waals surface area contributed by atoms with E-state index in [4.69, 9.17) is 0 Å². The summed E-state index contributed by atoms with van der Waals surface area (Å²) in [7, 11) is 0. The van der Waals surface area contributed by atoms with Crippen LogP contribution in [-0.2, 0) is 4.79 Å². The van der Waals surface area contributed by atoms with Crippen LogP contribution >= 0.6 is 11.8 Å². The first-order valence-electron chi connectivity index (χ1n) is 8.00. The normalized spacial score (nSPS) is 14.4. The molecule has 5 nitrogen and oxygen atoms in total. The zero-order chi connectivity index (χ0) is 17.8. The van der Waals surface area contributed by atoms with Gasteiger partial charge in [-0.1, -0.05) is 30.3 Å². The summed E-state index contributed by atoms with van der Waals surface area (Å²) in [4.78, 5) is 38.0. The van der Waals surface area contributed by atoms with Crippen molar-refractivity contribution in [1.29, 1.82) is 0 Å². The average Bonchev–Trinajstić information content (AvgIpc) is 2.87. The standard InChI is InChI=1S/C19H18N2O3S/c1-13(17(22)20-14-7-3-2-4-8-14)25-12-11-21-18(23)15-9-5-6-10-16(15)19(21)24/h2-10,13H,11-12H2,1H3,(H,20,22). The van der Waals surface area contributed by atoms with Crippen molar-refractivity contribution in [2.75, 3.05) is 17.6 Å². The molecule has 1 aliphatic heterocycles. The average molecular weight is 354 g/mol. The van der Waals surface area contributed by atoms with Gasteiger partial charge in [-0.15, -0.1) is 11.8 Å². The van der Waals surface area contributed by atoms with Crippen molar-refractivity contribution >= 4 is 35.2 Å². The van der Waals surface area contributed by atoms with Crippen LogP contribution in [0.4, 0.5) is 5.69 Å². The molecule has 2 aromatic carbocycles. The fourth-order valence-corrected chi connectivity index (χ4v) is 3.46. The number of para-hydroxylation sites is 1. The second-order valence-electron chi connectivity index (χ2n) is 5.68. The molecule has 0 saturated heterocycles. The van der Waals surface area contributed by atoms with Gasteiger partial charge < -0.3 is 5.32 Å². The molecule has 1 heterocycles. The second kappa shape index (κ2) is 7.53. The number of hydrogen-bond donors (Lipinski definition) is 1. The van der Waals surface area contributed by atoms with Crippen molar-refractivity contribution in [1.82, 2.24) is 4.90 Å². The molecule has 1 atom stereocenters. The van der Waals surface area contributed by atoms with E-state index < -0.39 is 0 Å². The van der Waals surface area contributed by atoms with Crippen molar-refractivity contribution < 1.29 is 14.4 Å². The summed E-state index contributed by atoms with van der Waals surface area (Å²) in [6, 6.07) is 16.1. The van der Waals surface area contributed by atoms with Gasteiger partial charge in [0, 0.05) is 18.0 Å². The predicted molar refractivity (Wildman–Crippen MR) is 98.8 cm³/mol. The van der Waals surface area contributed by atoms with E-state index in [1.54, 1.807) is 24.3 Å². The highest BCUT2D eigenvalue weighted by Crippen LogP contribution is 2.23. The van der Waals surface area contributed by atoms with Crippen LogP contribution in [0.1, 0.15) is 27.6 Å². The zero-order valence-electron chi connectivity index (χ0n) is 13.8. The molecule has 0 spiro atoms. The molecule has 0 saturated carbocycles. The molecule has 1 N–H and O–H groups in total. The molecule has 6 heteroatoms. The molecule has 2 aromatic rings. The van der Waals surface area contributed by atoms with Crippen molar-refractivity contribution in [3.8, 4) is 0 Å². The summed E-state index contributed by atoms with van der Waals surface area (Å²) < 4.78 is 0. The highest BCUT2D eigenvalue weighted by Gasteiger charge is 2.34. The Hall–Kier alpha value is -2.60. The quantitative estimate of drug-likeness (QED) is 0.810. The lowest BCUT2D eigenvalue weighted by Gasteiger charge is -2.16. The van der Waals surface area contributed by atoms with Gasteiger partial charge in [-0.2, -0.15) is 0 Å². The molecule has 0 aliphatic carbocycles. The lowest BCUT2D eigenvalue weighted by Crippen LogP contribution is -2.32. The van der Waals surface area contributed by atoms with Crippen LogP contribution in [0, 0.1) is 0 Å². The number of thioether (sulfide) groups is 1. The first kappa shape index (κ1) is 17.2. The third-order valence-electron chi connectivity index (χ3n) is 3.97. The maximum absolute atomic E-state index is 12.3. The molecule has 1 unspecified atom stereocenters. The van der Waals surface area contributed by atoms with Gasteiger partial charge in [0.15, 0.2) is 0 Å². The Morgan fingerprint density at radius 3 is 2.16 bits per heavy atom. The minimum Gasteiger partial charge on any atom is -0.325 e. The molecule has 3 amide bonds. The minimum atomic E-state index is -0.282. The second-order valence-corrected chi connectivity index (χ2v) is 7.12. The van der Waals surface area contributed by atoms with Gasteiger partial charge in [0.2, 0.25) is 5.91 Å². The van der Waals surface area contributed by atoms with Crippen LogP contribution in [0.5, 0.6) is 0 Å². The van der Waals surface area contributed by atoms with Gasteiger partial charge in [0.1, 0.15) is 0 Å². The fraction of sp³-hybridized carbons (Fsp3) is 0.211. The molecule has 0 fully saturated rings. The molecule has 25 heavy (non-hydrogen) atoms. The summed E-state index contributed by atoms with van der Waals surface area (Å²) in [6.45, 7) is 2.10. The monoisotopic (exact) mass is 354 g/mol. The summed E-state index contributed by atoms with van der Waals surface area (Å²) in [5.74, 6) is -0.113. The Balaban J connectivity index is 1.51. The Morgan fingerprint density at radius 1 is 1.00 bits per heavy atom. The molecular formula is C19H18N2O3S. The van der Waals surface area contributed by atoms with E-state index in [1.165, 1.54) is 16.7 Å². The van der Waals surface area contributed by atoms with Gasteiger partial charge in [-0.05, 0) is 31.2 Å². The van der Waals surface area contributed by atoms with Crippen molar-refractivity contribution in [2.45, 2.75) is 12.2 Å². The number of nitrogens with one attached hydrogen (secondary N) is 1. The number of nitrogens with zero attached hydrogens (tertiary/aromatic N) is 1. The Labute approximate surface area is 150 Å². The summed E-state index contributed by atoms with van der Waals surface area (Å²) in [5.41, 5.74) is 1.65. The molecule has 128 valence electrons. The number of hydrogen-bond acceptors (Lipinski definition) is 4. The van der Waals surface area contributed by atoms with E-state index >= 15 is 0 Å². The number of carbonyl (C=O) groups excluding carboxylic acids is 3. The van der Waals surface area contributed by atoms with Crippen LogP contribution in [0.2, 0.25) is 0 Å². The van der Waals surface area contributed by atoms with Gasteiger partial charge in [-0.25, -0.2) is 0 Å². The molecule has 0 radical (unpaired) electrons. The molecule has 0 aromatic heterocycles. The fourth-order valence-electron chi connectivity index (χ4n) is 2.60. The van der Waals surface area contributed by atoms with Crippen molar-refractivity contribution in [3.05, 3.63) is 65.7 Å². The van der Waals surface area contributed by atoms with Crippen molar-refractivity contribution in [3.63, 3.8) is 0 Å². The van der Waals surface area contributed by atoms with Crippen molar-refractivity contribution in [2.24, 2.45) is 0 Å². The van der Waals surface area contributed by atoms with Crippen LogP contribution in [0.25, 0.3) is 0 Å². The van der Waals surface area contributed by atoms with Gasteiger partial charge in [0.25, 0.3) is 11.8 Å². The maximum Gasteiger partial charge on any atom is 0.261 e. The predicted octanol–water partition coefficient (Wildman–Crippen LogP) is 3.04. The van der Waals surface area contributed by atoms with Gasteiger partial charge >= 0.3 is 0 Å². The molecular weight excluding hydrogens is 336 g/mol. The third kappa shape index (κ3) is 3.74. The lowest BCUT2D eigenvalue weighted by molar-refractivity contribution is -0.115. The van der Waals surface area contributed by atoms with E-state index in [0.717, 1.165) is 5.69 Å². The molecule has 1 aliphatic rings. The smallest absolute Gasteiger partial charge is 0.261 e. The summed E-state index contributed by atoms with van der Waals surface area (Å²) in [6.07, 6.45) is 0. The number of fused-ring (bicyclic) bond motifs is 1. The third-order valence-corrected chi connectivity index (χ3v) is 5.10. The Kier molecular flexibility index (Phi) is 5.19. The molecule has 0 bridgehead atoms. The number of carbonyl (C=O) groups is 3. The Morgan fingerprint density at radius 2 is 1.56 bits per heavy atom.